The van der Waals surface area contributed by atoms with Crippen molar-refractivity contribution in [1.29, 1.82) is 0 Å². The third-order valence-electron chi connectivity index (χ3n) is 5.97. The Morgan fingerprint density at radius 3 is 2.21 bits per heavy atom. The van der Waals surface area contributed by atoms with Crippen molar-refractivity contribution >= 4 is 16.8 Å². The minimum Gasteiger partial charge on any atom is -0.340 e. The molecule has 29 heavy (non-hydrogen) atoms. The molecule has 1 aromatic heterocycles. The first-order chi connectivity index (χ1) is 13.7. The lowest BCUT2D eigenvalue weighted by Gasteiger charge is -2.30. The topological polar surface area (TPSA) is 25.2 Å². The van der Waals surface area contributed by atoms with Crippen LogP contribution in [0.25, 0.3) is 10.9 Å². The highest BCUT2D eigenvalue weighted by atomic mass is 16.2. The normalized spacial score (nSPS) is 12.6. The van der Waals surface area contributed by atoms with Gasteiger partial charge in [-0.25, -0.2) is 0 Å². The second kappa shape index (κ2) is 8.44. The molecule has 1 unspecified atom stereocenters. The fourth-order valence-corrected chi connectivity index (χ4v) is 4.38. The lowest BCUT2D eigenvalue weighted by atomic mass is 9.98. The van der Waals surface area contributed by atoms with Crippen LogP contribution in [0.1, 0.15) is 72.9 Å². The number of para-hydroxylation sites is 1. The molecule has 0 saturated heterocycles. The number of carbonyl (C=O) groups excluding carboxylic acids is 1. The summed E-state index contributed by atoms with van der Waals surface area (Å²) in [5, 5.41) is 1.24. The van der Waals surface area contributed by atoms with Gasteiger partial charge in [0.2, 0.25) is 0 Å². The molecule has 0 N–H and O–H groups in total. The number of hydrogen-bond acceptors (Lipinski definition) is 1. The number of aryl methyl sites for hydroxylation is 3. The van der Waals surface area contributed by atoms with E-state index in [2.05, 4.69) is 81.7 Å². The van der Waals surface area contributed by atoms with Gasteiger partial charge in [-0.2, -0.15) is 0 Å². The van der Waals surface area contributed by atoms with Crippen molar-refractivity contribution in [2.24, 2.45) is 0 Å². The van der Waals surface area contributed by atoms with Gasteiger partial charge in [-0.05, 0) is 76.6 Å². The smallest absolute Gasteiger partial charge is 0.254 e. The van der Waals surface area contributed by atoms with Crippen molar-refractivity contribution in [3.63, 3.8) is 0 Å². The van der Waals surface area contributed by atoms with Crippen LogP contribution in [-0.2, 0) is 6.54 Å². The Morgan fingerprint density at radius 1 is 1.00 bits per heavy atom. The number of fused-ring (bicyclic) bond motifs is 1. The van der Waals surface area contributed by atoms with Crippen LogP contribution in [0.15, 0.2) is 42.5 Å². The maximum Gasteiger partial charge on any atom is 0.254 e. The van der Waals surface area contributed by atoms with Gasteiger partial charge in [-0.3, -0.25) is 4.79 Å². The molecule has 2 aromatic carbocycles. The van der Waals surface area contributed by atoms with Crippen molar-refractivity contribution < 1.29 is 4.79 Å². The van der Waals surface area contributed by atoms with Crippen molar-refractivity contribution in [2.45, 2.75) is 73.5 Å². The minimum atomic E-state index is 0.117. The number of nitrogens with zero attached hydrogens (tertiary/aromatic N) is 2. The predicted molar refractivity (Wildman–Crippen MR) is 123 cm³/mol. The summed E-state index contributed by atoms with van der Waals surface area (Å²) in [6.45, 7) is 15.5. The maximum atomic E-state index is 13.6. The maximum absolute atomic E-state index is 13.6. The summed E-state index contributed by atoms with van der Waals surface area (Å²) in [5.41, 5.74) is 6.60. The van der Waals surface area contributed by atoms with Gasteiger partial charge in [0.15, 0.2) is 0 Å². The van der Waals surface area contributed by atoms with Crippen LogP contribution in [0.2, 0.25) is 0 Å². The first-order valence-electron chi connectivity index (χ1n) is 10.7. The summed E-state index contributed by atoms with van der Waals surface area (Å²) in [6.07, 6.45) is 1.05. The van der Waals surface area contributed by atoms with E-state index in [0.29, 0.717) is 12.6 Å². The summed E-state index contributed by atoms with van der Waals surface area (Å²) in [6, 6.07) is 15.5. The molecule has 0 bridgehead atoms. The minimum absolute atomic E-state index is 0.117. The fraction of sp³-hybridized carbons (Fsp3) is 0.423. The summed E-state index contributed by atoms with van der Waals surface area (Å²) >= 11 is 0. The van der Waals surface area contributed by atoms with E-state index in [9.17, 15) is 4.79 Å². The molecule has 3 rings (SSSR count). The zero-order valence-electron chi connectivity index (χ0n) is 18.9. The molecule has 0 aliphatic heterocycles. The van der Waals surface area contributed by atoms with Crippen LogP contribution in [0.3, 0.4) is 0 Å². The van der Waals surface area contributed by atoms with E-state index >= 15 is 0 Å². The van der Waals surface area contributed by atoms with Gasteiger partial charge in [0.05, 0.1) is 6.54 Å². The highest BCUT2D eigenvalue weighted by Gasteiger charge is 2.24. The molecule has 3 heteroatoms. The molecule has 3 nitrogen and oxygen atoms in total. The van der Waals surface area contributed by atoms with Crippen molar-refractivity contribution in [3.8, 4) is 0 Å². The molecule has 0 spiro atoms. The van der Waals surface area contributed by atoms with Crippen LogP contribution in [-0.4, -0.2) is 21.4 Å². The standard InChI is InChI=1S/C26H34N2O/c1-8-21(7)28-23(15-22-11-9-10-12-24(22)28)16-27(17(2)3)26(29)25-19(5)13-18(4)14-20(25)6/h9-15,17,21H,8,16H2,1-7H3. The van der Waals surface area contributed by atoms with E-state index in [1.165, 1.54) is 22.2 Å². The highest BCUT2D eigenvalue weighted by molar-refractivity contribution is 5.97. The van der Waals surface area contributed by atoms with Gasteiger partial charge in [-0.15, -0.1) is 0 Å². The second-order valence-electron chi connectivity index (χ2n) is 8.62. The van der Waals surface area contributed by atoms with Crippen molar-refractivity contribution in [2.75, 3.05) is 0 Å². The molecule has 3 aromatic rings. The van der Waals surface area contributed by atoms with E-state index in [1.807, 2.05) is 18.7 Å². The molecule has 0 aliphatic rings. The van der Waals surface area contributed by atoms with Gasteiger partial charge in [0.1, 0.15) is 0 Å². The van der Waals surface area contributed by atoms with E-state index in [-0.39, 0.29) is 11.9 Å². The molecule has 1 atom stereocenters. The Morgan fingerprint density at radius 2 is 1.62 bits per heavy atom. The first kappa shape index (κ1) is 21.2. The fourth-order valence-electron chi connectivity index (χ4n) is 4.38. The summed E-state index contributed by atoms with van der Waals surface area (Å²) in [4.78, 5) is 15.6. The second-order valence-corrected chi connectivity index (χ2v) is 8.62. The van der Waals surface area contributed by atoms with Gasteiger partial charge in [0, 0.05) is 28.9 Å². The Kier molecular flexibility index (Phi) is 6.16. The molecule has 0 radical (unpaired) electrons. The number of benzene rings is 2. The van der Waals surface area contributed by atoms with E-state index in [4.69, 9.17) is 0 Å². The number of rotatable bonds is 6. The quantitative estimate of drug-likeness (QED) is 0.466. The zero-order valence-corrected chi connectivity index (χ0v) is 18.9. The summed E-state index contributed by atoms with van der Waals surface area (Å²) in [5.74, 6) is 0.121. The van der Waals surface area contributed by atoms with Gasteiger partial charge in [-0.1, -0.05) is 42.8 Å². The van der Waals surface area contributed by atoms with Crippen LogP contribution < -0.4 is 0 Å². The molecule has 0 aliphatic carbocycles. The average molecular weight is 391 g/mol. The molecule has 0 saturated carbocycles. The average Bonchev–Trinajstić information content (AvgIpc) is 3.02. The van der Waals surface area contributed by atoms with E-state index in [0.717, 1.165) is 23.1 Å². The van der Waals surface area contributed by atoms with Gasteiger partial charge < -0.3 is 9.47 Å². The van der Waals surface area contributed by atoms with Crippen molar-refractivity contribution in [3.05, 3.63) is 70.4 Å². The van der Waals surface area contributed by atoms with Crippen LogP contribution in [0, 0.1) is 20.8 Å². The molecule has 1 amide bonds. The number of carbonyl (C=O) groups is 1. The van der Waals surface area contributed by atoms with Gasteiger partial charge in [0.25, 0.3) is 5.91 Å². The molecule has 154 valence electrons. The third kappa shape index (κ3) is 4.10. The number of hydrogen-bond donors (Lipinski definition) is 0. The summed E-state index contributed by atoms with van der Waals surface area (Å²) in [7, 11) is 0. The Balaban J connectivity index is 2.06. The monoisotopic (exact) mass is 390 g/mol. The highest BCUT2D eigenvalue weighted by Crippen LogP contribution is 2.28. The zero-order chi connectivity index (χ0) is 21.3. The molecular weight excluding hydrogens is 356 g/mol. The molecular formula is C26H34N2O. The Bertz CT molecular complexity index is 1010. The lowest BCUT2D eigenvalue weighted by Crippen LogP contribution is -2.38. The van der Waals surface area contributed by atoms with Gasteiger partial charge >= 0.3 is 0 Å². The van der Waals surface area contributed by atoms with E-state index < -0.39 is 0 Å². The van der Waals surface area contributed by atoms with Crippen LogP contribution in [0.5, 0.6) is 0 Å². The molecule has 0 fully saturated rings. The predicted octanol–water partition coefficient (Wildman–Crippen LogP) is 6.59. The first-order valence-corrected chi connectivity index (χ1v) is 10.7. The van der Waals surface area contributed by atoms with E-state index in [1.54, 1.807) is 0 Å². The van der Waals surface area contributed by atoms with Crippen LogP contribution >= 0.6 is 0 Å². The Hall–Kier alpha value is -2.55. The summed E-state index contributed by atoms with van der Waals surface area (Å²) < 4.78 is 2.41. The van der Waals surface area contributed by atoms with Crippen LogP contribution in [0.4, 0.5) is 0 Å². The lowest BCUT2D eigenvalue weighted by molar-refractivity contribution is 0.0683. The Labute approximate surface area is 175 Å². The number of amides is 1. The third-order valence-corrected chi connectivity index (χ3v) is 5.97. The largest absolute Gasteiger partial charge is 0.340 e. The number of aromatic nitrogens is 1. The molecule has 1 heterocycles. The SMILES string of the molecule is CCC(C)n1c(CN(C(=O)c2c(C)cc(C)cc2C)C(C)C)cc2ccccc21. The van der Waals surface area contributed by atoms with Crippen molar-refractivity contribution in [1.82, 2.24) is 9.47 Å².